The topological polar surface area (TPSA) is 118 Å². The summed E-state index contributed by atoms with van der Waals surface area (Å²) >= 11 is 0. The Bertz CT molecular complexity index is 997. The Hall–Kier alpha value is -2.83. The number of hydrogen-bond donors (Lipinski definition) is 2. The highest BCUT2D eigenvalue weighted by Crippen LogP contribution is 2.24. The van der Waals surface area contributed by atoms with Crippen LogP contribution in [0.25, 0.3) is 0 Å². The van der Waals surface area contributed by atoms with Gasteiger partial charge in [-0.15, -0.1) is 0 Å². The molecule has 1 saturated heterocycles. The lowest BCUT2D eigenvalue weighted by atomic mass is 10.3. The maximum absolute atomic E-state index is 13.9. The molecule has 0 radical (unpaired) electrons. The minimum atomic E-state index is -4.42. The summed E-state index contributed by atoms with van der Waals surface area (Å²) in [5.41, 5.74) is 0. The van der Waals surface area contributed by atoms with E-state index >= 15 is 0 Å². The minimum absolute atomic E-state index is 0.00145. The molecule has 0 aliphatic carbocycles. The second-order valence-corrected chi connectivity index (χ2v) is 7.85. The molecule has 1 aromatic carbocycles. The zero-order valence-corrected chi connectivity index (χ0v) is 15.7. The zero-order chi connectivity index (χ0) is 21.0. The molecule has 1 fully saturated rings. The smallest absolute Gasteiger partial charge is 0.309 e. The largest absolute Gasteiger partial charge is 0.467 e. The van der Waals surface area contributed by atoms with E-state index in [1.165, 1.54) is 6.26 Å². The molecule has 1 atom stereocenters. The molecule has 29 heavy (non-hydrogen) atoms. The molecule has 156 valence electrons. The summed E-state index contributed by atoms with van der Waals surface area (Å²) in [7, 11) is -4.42. The molecule has 12 heteroatoms. The van der Waals surface area contributed by atoms with Crippen molar-refractivity contribution in [3.63, 3.8) is 0 Å². The van der Waals surface area contributed by atoms with Gasteiger partial charge in [0.2, 0.25) is 10.0 Å². The van der Waals surface area contributed by atoms with Crippen LogP contribution in [-0.2, 0) is 30.9 Å². The molecular formula is C17H17F2N3O6S. The van der Waals surface area contributed by atoms with Gasteiger partial charge in [0.15, 0.2) is 0 Å². The number of rotatable bonds is 6. The first-order chi connectivity index (χ1) is 13.8. The van der Waals surface area contributed by atoms with E-state index in [4.69, 9.17) is 9.15 Å². The molecule has 0 saturated carbocycles. The molecule has 2 amide bonds. The Morgan fingerprint density at radius 2 is 1.93 bits per heavy atom. The fourth-order valence-corrected chi connectivity index (χ4v) is 4.25. The van der Waals surface area contributed by atoms with Crippen molar-refractivity contribution < 1.29 is 35.9 Å². The third kappa shape index (κ3) is 4.78. The molecular weight excluding hydrogens is 412 g/mol. The number of hydrogen-bond acceptors (Lipinski definition) is 6. The zero-order valence-electron chi connectivity index (χ0n) is 14.9. The Morgan fingerprint density at radius 1 is 1.17 bits per heavy atom. The third-order valence-corrected chi connectivity index (χ3v) is 5.97. The van der Waals surface area contributed by atoms with Gasteiger partial charge in [0.25, 0.3) is 0 Å². The highest BCUT2D eigenvalue weighted by Gasteiger charge is 2.38. The summed E-state index contributed by atoms with van der Waals surface area (Å²) in [4.78, 5) is 22.9. The van der Waals surface area contributed by atoms with Gasteiger partial charge in [-0.2, -0.15) is 4.31 Å². The van der Waals surface area contributed by atoms with Crippen LogP contribution in [-0.4, -0.2) is 50.5 Å². The number of amides is 2. The van der Waals surface area contributed by atoms with E-state index in [0.29, 0.717) is 17.9 Å². The van der Waals surface area contributed by atoms with Crippen LogP contribution in [0, 0.1) is 11.6 Å². The molecule has 2 N–H and O–H groups in total. The highest BCUT2D eigenvalue weighted by molar-refractivity contribution is 7.89. The summed E-state index contributed by atoms with van der Waals surface area (Å²) in [6, 6.07) is 5.31. The van der Waals surface area contributed by atoms with Gasteiger partial charge in [-0.1, -0.05) is 0 Å². The highest BCUT2D eigenvalue weighted by atomic mass is 32.2. The summed E-state index contributed by atoms with van der Waals surface area (Å²) in [6.07, 6.45) is 0.236. The first kappa shape index (κ1) is 20.9. The van der Waals surface area contributed by atoms with E-state index in [9.17, 15) is 26.8 Å². The van der Waals surface area contributed by atoms with Crippen molar-refractivity contribution in [1.29, 1.82) is 0 Å². The van der Waals surface area contributed by atoms with Crippen LogP contribution >= 0.6 is 0 Å². The summed E-state index contributed by atoms with van der Waals surface area (Å²) in [5, 5.41) is 4.59. The van der Waals surface area contributed by atoms with Crippen molar-refractivity contribution in [2.75, 3.05) is 19.7 Å². The van der Waals surface area contributed by atoms with Crippen molar-refractivity contribution in [3.05, 3.63) is 54.0 Å². The van der Waals surface area contributed by atoms with Crippen LogP contribution in [0.4, 0.5) is 8.78 Å². The number of halogens is 2. The predicted molar refractivity (Wildman–Crippen MR) is 93.6 cm³/mol. The van der Waals surface area contributed by atoms with E-state index in [1.807, 2.05) is 0 Å². The van der Waals surface area contributed by atoms with Crippen LogP contribution in [0.2, 0.25) is 0 Å². The average molecular weight is 429 g/mol. The van der Waals surface area contributed by atoms with Crippen molar-refractivity contribution in [3.8, 4) is 0 Å². The van der Waals surface area contributed by atoms with Gasteiger partial charge >= 0.3 is 11.8 Å². The van der Waals surface area contributed by atoms with E-state index < -0.39 is 44.6 Å². The van der Waals surface area contributed by atoms with Gasteiger partial charge in [-0.25, -0.2) is 17.2 Å². The Balaban J connectivity index is 1.61. The third-order valence-electron chi connectivity index (χ3n) is 4.07. The molecule has 0 unspecified atom stereocenters. The molecule has 9 nitrogen and oxygen atoms in total. The van der Waals surface area contributed by atoms with Crippen LogP contribution in [0.15, 0.2) is 45.9 Å². The molecule has 2 heterocycles. The van der Waals surface area contributed by atoms with Crippen molar-refractivity contribution in [2.45, 2.75) is 17.7 Å². The normalized spacial score (nSPS) is 17.2. The van der Waals surface area contributed by atoms with E-state index in [0.717, 1.165) is 10.4 Å². The lowest BCUT2D eigenvalue weighted by Crippen LogP contribution is -2.47. The quantitative estimate of drug-likeness (QED) is 0.640. The maximum atomic E-state index is 13.9. The number of sulfonamides is 1. The summed E-state index contributed by atoms with van der Waals surface area (Å²) in [6.45, 7) is -0.493. The van der Waals surface area contributed by atoms with Crippen LogP contribution in [0.5, 0.6) is 0 Å². The summed E-state index contributed by atoms with van der Waals surface area (Å²) in [5.74, 6) is -3.55. The molecule has 0 spiro atoms. The monoisotopic (exact) mass is 429 g/mol. The Kier molecular flexibility index (Phi) is 6.25. The van der Waals surface area contributed by atoms with E-state index in [-0.39, 0.29) is 26.2 Å². The second-order valence-electron chi connectivity index (χ2n) is 5.99. The number of carbonyl (C=O) groups is 2. The number of furan rings is 1. The predicted octanol–water partition coefficient (Wildman–Crippen LogP) is 0.337. The van der Waals surface area contributed by atoms with Crippen LogP contribution < -0.4 is 10.6 Å². The second kappa shape index (κ2) is 8.68. The molecule has 2 aromatic rings. The number of benzene rings is 1. The fourth-order valence-electron chi connectivity index (χ4n) is 2.66. The van der Waals surface area contributed by atoms with Gasteiger partial charge < -0.3 is 19.8 Å². The van der Waals surface area contributed by atoms with Gasteiger partial charge in [0.1, 0.15) is 28.5 Å². The van der Waals surface area contributed by atoms with Crippen molar-refractivity contribution in [2.24, 2.45) is 0 Å². The Labute approximate surface area is 164 Å². The van der Waals surface area contributed by atoms with Crippen LogP contribution in [0.1, 0.15) is 5.76 Å². The molecule has 1 aromatic heterocycles. The van der Waals surface area contributed by atoms with Crippen molar-refractivity contribution in [1.82, 2.24) is 14.9 Å². The van der Waals surface area contributed by atoms with Gasteiger partial charge in [-0.3, -0.25) is 9.59 Å². The minimum Gasteiger partial charge on any atom is -0.467 e. The van der Waals surface area contributed by atoms with Crippen molar-refractivity contribution >= 4 is 21.8 Å². The lowest BCUT2D eigenvalue weighted by Gasteiger charge is -2.23. The number of nitrogens with zero attached hydrogens (tertiary/aromatic N) is 1. The first-order valence-electron chi connectivity index (χ1n) is 8.46. The maximum Gasteiger partial charge on any atom is 0.309 e. The first-order valence-corrected chi connectivity index (χ1v) is 9.90. The van der Waals surface area contributed by atoms with Gasteiger partial charge in [-0.05, 0) is 30.3 Å². The van der Waals surface area contributed by atoms with Crippen LogP contribution in [0.3, 0.4) is 0 Å². The summed E-state index contributed by atoms with van der Waals surface area (Å²) < 4.78 is 63.7. The molecule has 0 bridgehead atoms. The molecule has 1 aliphatic heterocycles. The van der Waals surface area contributed by atoms with E-state index in [2.05, 4.69) is 10.6 Å². The number of carbonyl (C=O) groups excluding carboxylic acids is 2. The van der Waals surface area contributed by atoms with Gasteiger partial charge in [0, 0.05) is 6.54 Å². The van der Waals surface area contributed by atoms with E-state index in [1.54, 1.807) is 12.1 Å². The van der Waals surface area contributed by atoms with Gasteiger partial charge in [0.05, 0.1) is 26.0 Å². The lowest BCUT2D eigenvalue weighted by molar-refractivity contribution is -0.139. The standard InChI is InChI=1S/C17H17F2N3O6S/c18-11-3-4-13(19)14(8-11)29(25,26)22-5-7-28-15(22)10-21-17(24)16(23)20-9-12-2-1-6-27-12/h1-4,6,8,15H,5,7,9-10H2,(H,20,23)(H,21,24)/t15-/m0/s1. The fraction of sp³-hybridized carbons (Fsp3) is 0.294. The SMILES string of the molecule is O=C(NCc1ccco1)C(=O)NC[C@@H]1OCCN1S(=O)(=O)c1cc(F)ccc1F. The Morgan fingerprint density at radius 3 is 2.66 bits per heavy atom. The molecule has 3 rings (SSSR count). The number of nitrogens with one attached hydrogen (secondary N) is 2. The average Bonchev–Trinajstić information content (AvgIpc) is 3.37. The molecule has 1 aliphatic rings. The number of ether oxygens (including phenoxy) is 1.